The predicted molar refractivity (Wildman–Crippen MR) is 129 cm³/mol. The molecule has 168 valence electrons. The fourth-order valence-corrected chi connectivity index (χ4v) is 4.86. The van der Waals surface area contributed by atoms with Crippen molar-refractivity contribution in [3.63, 3.8) is 0 Å². The van der Waals surface area contributed by atoms with Gasteiger partial charge in [-0.1, -0.05) is 23.8 Å². The van der Waals surface area contributed by atoms with Crippen molar-refractivity contribution in [3.05, 3.63) is 60.2 Å². The van der Waals surface area contributed by atoms with Crippen molar-refractivity contribution in [1.29, 1.82) is 0 Å². The molecule has 3 aromatic rings. The number of aryl methyl sites for hydroxylation is 1. The lowest BCUT2D eigenvalue weighted by Gasteiger charge is -2.36. The van der Waals surface area contributed by atoms with E-state index in [9.17, 15) is 4.79 Å². The maximum absolute atomic E-state index is 13.5. The Hall–Kier alpha value is -3.74. The third-order valence-electron chi connectivity index (χ3n) is 6.48. The lowest BCUT2D eigenvalue weighted by molar-refractivity contribution is 0.255. The molecule has 1 N–H and O–H groups in total. The van der Waals surface area contributed by atoms with E-state index >= 15 is 0 Å². The van der Waals surface area contributed by atoms with Crippen LogP contribution in [-0.2, 0) is 0 Å². The molecule has 0 saturated carbocycles. The lowest BCUT2D eigenvalue weighted by Crippen LogP contribution is -2.48. The van der Waals surface area contributed by atoms with Crippen molar-refractivity contribution >= 4 is 23.2 Å². The number of hydrogen-bond donors (Lipinski definition) is 1. The molecule has 0 aliphatic carbocycles. The Morgan fingerprint density at radius 1 is 1.06 bits per heavy atom. The van der Waals surface area contributed by atoms with Gasteiger partial charge in [0.25, 0.3) is 0 Å². The maximum atomic E-state index is 13.5. The Morgan fingerprint density at radius 3 is 2.82 bits per heavy atom. The molecule has 1 saturated heterocycles. The van der Waals surface area contributed by atoms with E-state index in [0.29, 0.717) is 30.4 Å². The van der Waals surface area contributed by atoms with Gasteiger partial charge in [0.2, 0.25) is 0 Å². The van der Waals surface area contributed by atoms with Crippen molar-refractivity contribution in [1.82, 2.24) is 4.98 Å². The molecule has 7 nitrogen and oxygen atoms in total. The van der Waals surface area contributed by atoms with Gasteiger partial charge in [-0.3, -0.25) is 4.90 Å². The van der Waals surface area contributed by atoms with Crippen LogP contribution < -0.4 is 24.6 Å². The summed E-state index contributed by atoms with van der Waals surface area (Å²) >= 11 is 0. The first-order chi connectivity index (χ1) is 16.2. The van der Waals surface area contributed by atoms with Crippen molar-refractivity contribution in [2.45, 2.75) is 25.8 Å². The molecule has 33 heavy (non-hydrogen) atoms. The Bertz CT molecular complexity index is 1230. The summed E-state index contributed by atoms with van der Waals surface area (Å²) in [7, 11) is 0. The van der Waals surface area contributed by atoms with E-state index in [1.165, 1.54) is 5.56 Å². The third kappa shape index (κ3) is 3.63. The minimum Gasteiger partial charge on any atom is -0.490 e. The number of amides is 2. The number of anilines is 3. The highest BCUT2D eigenvalue weighted by Crippen LogP contribution is 2.41. The largest absolute Gasteiger partial charge is 0.490 e. The molecule has 0 spiro atoms. The Labute approximate surface area is 192 Å². The minimum absolute atomic E-state index is 0.0955. The quantitative estimate of drug-likeness (QED) is 0.615. The van der Waals surface area contributed by atoms with E-state index in [0.717, 1.165) is 48.7 Å². The molecule has 3 aliphatic rings. The highest BCUT2D eigenvalue weighted by Gasteiger charge is 2.40. The monoisotopic (exact) mass is 442 g/mol. The normalized spacial score (nSPS) is 18.5. The zero-order valence-electron chi connectivity index (χ0n) is 18.6. The zero-order chi connectivity index (χ0) is 22.4. The van der Waals surface area contributed by atoms with Gasteiger partial charge in [-0.05, 0) is 43.7 Å². The molecule has 2 aromatic carbocycles. The van der Waals surface area contributed by atoms with E-state index in [2.05, 4.69) is 41.4 Å². The Kier molecular flexibility index (Phi) is 4.82. The molecule has 1 fully saturated rings. The van der Waals surface area contributed by atoms with Crippen LogP contribution in [0.4, 0.5) is 22.0 Å². The van der Waals surface area contributed by atoms with Crippen LogP contribution in [0.25, 0.3) is 11.3 Å². The number of nitrogens with one attached hydrogen (secondary N) is 1. The fraction of sp³-hybridized carbons (Fsp3) is 0.308. The molecule has 7 heteroatoms. The van der Waals surface area contributed by atoms with Crippen molar-refractivity contribution in [2.75, 3.05) is 41.4 Å². The molecule has 0 unspecified atom stereocenters. The molecular formula is C26H26N4O3. The third-order valence-corrected chi connectivity index (χ3v) is 6.48. The number of aromatic nitrogens is 1. The molecule has 3 aliphatic heterocycles. The van der Waals surface area contributed by atoms with Crippen LogP contribution in [0, 0.1) is 6.92 Å². The van der Waals surface area contributed by atoms with Crippen LogP contribution in [0.3, 0.4) is 0 Å². The number of rotatable bonds is 2. The van der Waals surface area contributed by atoms with Gasteiger partial charge in [0, 0.05) is 36.8 Å². The number of fused-ring (bicyclic) bond motifs is 5. The van der Waals surface area contributed by atoms with Gasteiger partial charge in [0.1, 0.15) is 0 Å². The van der Waals surface area contributed by atoms with Gasteiger partial charge in [-0.2, -0.15) is 0 Å². The van der Waals surface area contributed by atoms with E-state index in [-0.39, 0.29) is 12.1 Å². The molecule has 6 rings (SSSR count). The molecular weight excluding hydrogens is 416 g/mol. The first-order valence-corrected chi connectivity index (χ1v) is 11.5. The van der Waals surface area contributed by atoms with Crippen LogP contribution in [-0.4, -0.2) is 43.4 Å². The van der Waals surface area contributed by atoms with Gasteiger partial charge < -0.3 is 19.7 Å². The highest BCUT2D eigenvalue weighted by atomic mass is 16.5. The second kappa shape index (κ2) is 7.99. The number of carbonyl (C=O) groups is 1. The number of nitrogens with zero attached hydrogens (tertiary/aromatic N) is 3. The standard InChI is InChI=1S/C26H26N4O3/c1-17-4-2-5-18(14-17)21-7-8-22-25(28-21)30(20-10-11-29(22)16-20)26(31)27-19-6-9-23-24(15-19)33-13-3-12-32-23/h2,4-9,14-15,20H,3,10-13,16H2,1H3,(H,27,31)/t20-/m0/s1. The van der Waals surface area contributed by atoms with Gasteiger partial charge in [-0.15, -0.1) is 0 Å². The van der Waals surface area contributed by atoms with Crippen molar-refractivity contribution in [2.24, 2.45) is 0 Å². The second-order valence-electron chi connectivity index (χ2n) is 8.81. The SMILES string of the molecule is Cc1cccc(-c2ccc3c(n2)N(C(=O)Nc2ccc4c(c2)OCCCO4)[C@H]2CCN3C2)c1. The average molecular weight is 443 g/mol. The molecule has 4 heterocycles. The van der Waals surface area contributed by atoms with Gasteiger partial charge in [0.05, 0.1) is 30.6 Å². The summed E-state index contributed by atoms with van der Waals surface area (Å²) in [5.41, 5.74) is 4.79. The summed E-state index contributed by atoms with van der Waals surface area (Å²) in [4.78, 5) is 22.7. The summed E-state index contributed by atoms with van der Waals surface area (Å²) in [6.45, 7) is 5.07. The van der Waals surface area contributed by atoms with Crippen LogP contribution in [0.15, 0.2) is 54.6 Å². The Balaban J connectivity index is 1.33. The van der Waals surface area contributed by atoms with E-state index < -0.39 is 0 Å². The van der Waals surface area contributed by atoms with E-state index in [4.69, 9.17) is 14.5 Å². The smallest absolute Gasteiger partial charge is 0.327 e. The van der Waals surface area contributed by atoms with Gasteiger partial charge >= 0.3 is 6.03 Å². The van der Waals surface area contributed by atoms with Crippen LogP contribution in [0.5, 0.6) is 11.5 Å². The number of benzene rings is 2. The summed E-state index contributed by atoms with van der Waals surface area (Å²) < 4.78 is 11.5. The van der Waals surface area contributed by atoms with Crippen LogP contribution >= 0.6 is 0 Å². The van der Waals surface area contributed by atoms with Crippen LogP contribution in [0.1, 0.15) is 18.4 Å². The number of hydrogen-bond acceptors (Lipinski definition) is 5. The summed E-state index contributed by atoms with van der Waals surface area (Å²) in [5, 5.41) is 3.07. The van der Waals surface area contributed by atoms with E-state index in [1.54, 1.807) is 0 Å². The fourth-order valence-electron chi connectivity index (χ4n) is 4.86. The number of pyridine rings is 1. The maximum Gasteiger partial charge on any atom is 0.327 e. The molecule has 1 atom stereocenters. The van der Waals surface area contributed by atoms with Crippen molar-refractivity contribution in [3.8, 4) is 22.8 Å². The number of ether oxygens (including phenoxy) is 2. The Morgan fingerprint density at radius 2 is 1.94 bits per heavy atom. The molecule has 2 bridgehead atoms. The molecule has 2 amide bonds. The average Bonchev–Trinajstić information content (AvgIpc) is 3.09. The number of carbonyl (C=O) groups excluding carboxylic acids is 1. The summed E-state index contributed by atoms with van der Waals surface area (Å²) in [6.07, 6.45) is 1.76. The first kappa shape index (κ1) is 19.9. The minimum atomic E-state index is -0.175. The van der Waals surface area contributed by atoms with Crippen LogP contribution in [0.2, 0.25) is 0 Å². The van der Waals surface area contributed by atoms with Crippen molar-refractivity contribution < 1.29 is 14.3 Å². The predicted octanol–water partition coefficient (Wildman–Crippen LogP) is 4.85. The van der Waals surface area contributed by atoms with E-state index in [1.807, 2.05) is 35.2 Å². The zero-order valence-corrected chi connectivity index (χ0v) is 18.6. The topological polar surface area (TPSA) is 66.9 Å². The number of urea groups is 1. The molecule has 0 radical (unpaired) electrons. The van der Waals surface area contributed by atoms with Gasteiger partial charge in [0.15, 0.2) is 17.3 Å². The first-order valence-electron chi connectivity index (χ1n) is 11.5. The lowest BCUT2D eigenvalue weighted by atomic mass is 10.1. The summed E-state index contributed by atoms with van der Waals surface area (Å²) in [5.74, 6) is 2.09. The summed E-state index contributed by atoms with van der Waals surface area (Å²) in [6, 6.07) is 17.9. The van der Waals surface area contributed by atoms with Gasteiger partial charge in [-0.25, -0.2) is 9.78 Å². The highest BCUT2D eigenvalue weighted by molar-refractivity contribution is 6.05. The second-order valence-corrected chi connectivity index (χ2v) is 8.81. The molecule has 1 aromatic heterocycles.